The zero-order chi connectivity index (χ0) is 15.5. The van der Waals surface area contributed by atoms with E-state index in [-0.39, 0.29) is 23.3 Å². The smallest absolute Gasteiger partial charge is 0.310 e. The first-order valence-corrected chi connectivity index (χ1v) is 8.62. The summed E-state index contributed by atoms with van der Waals surface area (Å²) in [4.78, 5) is 12.1. The lowest BCUT2D eigenvalue weighted by atomic mass is 10.0. The van der Waals surface area contributed by atoms with Crippen molar-refractivity contribution in [3.63, 3.8) is 0 Å². The molecule has 0 spiro atoms. The highest BCUT2D eigenvalue weighted by molar-refractivity contribution is 7.89. The van der Waals surface area contributed by atoms with Crippen LogP contribution in [0.4, 0.5) is 0 Å². The Hall–Kier alpha value is -1.40. The van der Waals surface area contributed by atoms with Crippen molar-refractivity contribution in [2.45, 2.75) is 31.6 Å². The number of nitrogens with zero attached hydrogens (tertiary/aromatic N) is 1. The molecular formula is C15H21NO4S. The number of piperidine rings is 1. The van der Waals surface area contributed by atoms with Crippen LogP contribution in [0.15, 0.2) is 29.2 Å². The molecule has 5 nitrogen and oxygen atoms in total. The van der Waals surface area contributed by atoms with Crippen LogP contribution in [-0.4, -0.2) is 38.4 Å². The van der Waals surface area contributed by atoms with Gasteiger partial charge in [-0.15, -0.1) is 0 Å². The normalized spacial score (nSPS) is 20.2. The van der Waals surface area contributed by atoms with E-state index >= 15 is 0 Å². The number of carbonyl (C=O) groups excluding carboxylic acids is 1. The molecule has 1 aliphatic rings. The first kappa shape index (κ1) is 16.0. The van der Waals surface area contributed by atoms with Crippen molar-refractivity contribution in [1.29, 1.82) is 0 Å². The Morgan fingerprint density at radius 2 is 2.19 bits per heavy atom. The first-order chi connectivity index (χ1) is 9.95. The zero-order valence-corrected chi connectivity index (χ0v) is 13.2. The van der Waals surface area contributed by atoms with Crippen LogP contribution < -0.4 is 0 Å². The maximum atomic E-state index is 12.6. The number of aryl methyl sites for hydroxylation is 1. The number of hydrogen-bond acceptors (Lipinski definition) is 4. The van der Waals surface area contributed by atoms with Crippen LogP contribution >= 0.6 is 0 Å². The summed E-state index contributed by atoms with van der Waals surface area (Å²) < 4.78 is 31.7. The van der Waals surface area contributed by atoms with Crippen molar-refractivity contribution >= 4 is 16.0 Å². The second kappa shape index (κ2) is 6.58. The van der Waals surface area contributed by atoms with E-state index in [1.54, 1.807) is 25.1 Å². The number of sulfonamides is 1. The highest BCUT2D eigenvalue weighted by Gasteiger charge is 2.33. The summed E-state index contributed by atoms with van der Waals surface area (Å²) in [7, 11) is -3.54. The Morgan fingerprint density at radius 3 is 2.86 bits per heavy atom. The van der Waals surface area contributed by atoms with E-state index in [1.165, 1.54) is 4.31 Å². The topological polar surface area (TPSA) is 63.7 Å². The third-order valence-corrected chi connectivity index (χ3v) is 5.49. The van der Waals surface area contributed by atoms with Crippen molar-refractivity contribution in [3.8, 4) is 0 Å². The monoisotopic (exact) mass is 311 g/mol. The number of benzene rings is 1. The van der Waals surface area contributed by atoms with Crippen molar-refractivity contribution < 1.29 is 17.9 Å². The van der Waals surface area contributed by atoms with Crippen LogP contribution in [0.1, 0.15) is 25.3 Å². The van der Waals surface area contributed by atoms with Gasteiger partial charge in [-0.2, -0.15) is 4.31 Å². The Kier molecular flexibility index (Phi) is 5.00. The van der Waals surface area contributed by atoms with E-state index in [0.717, 1.165) is 5.56 Å². The maximum absolute atomic E-state index is 12.6. The molecule has 1 fully saturated rings. The molecule has 1 aromatic carbocycles. The second-order valence-electron chi connectivity index (χ2n) is 5.27. The third kappa shape index (κ3) is 3.63. The van der Waals surface area contributed by atoms with Crippen molar-refractivity contribution in [3.05, 3.63) is 29.8 Å². The molecule has 0 aliphatic carbocycles. The van der Waals surface area contributed by atoms with Gasteiger partial charge in [0.05, 0.1) is 17.4 Å². The molecule has 6 heteroatoms. The van der Waals surface area contributed by atoms with Crippen LogP contribution in [0.3, 0.4) is 0 Å². The molecular weight excluding hydrogens is 290 g/mol. The van der Waals surface area contributed by atoms with E-state index in [4.69, 9.17) is 4.74 Å². The van der Waals surface area contributed by atoms with E-state index in [1.807, 2.05) is 13.0 Å². The van der Waals surface area contributed by atoms with Gasteiger partial charge in [-0.25, -0.2) is 8.42 Å². The summed E-state index contributed by atoms with van der Waals surface area (Å²) in [6.07, 6.45) is 1.35. The fourth-order valence-corrected chi connectivity index (χ4v) is 4.17. The van der Waals surface area contributed by atoms with Gasteiger partial charge in [-0.3, -0.25) is 4.79 Å². The summed E-state index contributed by atoms with van der Waals surface area (Å²) in [6.45, 7) is 4.58. The summed E-state index contributed by atoms with van der Waals surface area (Å²) in [5.41, 5.74) is 0.898. The highest BCUT2D eigenvalue weighted by Crippen LogP contribution is 2.24. The number of ether oxygens (including phenoxy) is 1. The Balaban J connectivity index is 2.18. The fourth-order valence-electron chi connectivity index (χ4n) is 2.54. The van der Waals surface area contributed by atoms with Gasteiger partial charge in [0.2, 0.25) is 10.0 Å². The minimum absolute atomic E-state index is 0.203. The van der Waals surface area contributed by atoms with Gasteiger partial charge in [0, 0.05) is 13.1 Å². The summed E-state index contributed by atoms with van der Waals surface area (Å²) in [5, 5.41) is 0. The SMILES string of the molecule is CCOC(=O)C1CCCN(S(=O)(=O)c2cccc(C)c2)C1. The van der Waals surface area contributed by atoms with Gasteiger partial charge in [-0.1, -0.05) is 12.1 Å². The van der Waals surface area contributed by atoms with Gasteiger partial charge in [0.15, 0.2) is 0 Å². The lowest BCUT2D eigenvalue weighted by molar-refractivity contribution is -0.149. The summed E-state index contributed by atoms with van der Waals surface area (Å²) in [6, 6.07) is 6.84. The largest absolute Gasteiger partial charge is 0.466 e. The van der Waals surface area contributed by atoms with Crippen molar-refractivity contribution in [2.75, 3.05) is 19.7 Å². The minimum atomic E-state index is -3.54. The second-order valence-corrected chi connectivity index (χ2v) is 7.21. The molecule has 1 heterocycles. The molecule has 1 atom stereocenters. The van der Waals surface area contributed by atoms with E-state index < -0.39 is 10.0 Å². The molecule has 1 unspecified atom stereocenters. The average molecular weight is 311 g/mol. The van der Waals surface area contributed by atoms with Crippen LogP contribution in [0.5, 0.6) is 0 Å². The van der Waals surface area contributed by atoms with E-state index in [9.17, 15) is 13.2 Å². The number of hydrogen-bond donors (Lipinski definition) is 0. The molecule has 0 N–H and O–H groups in total. The lowest BCUT2D eigenvalue weighted by Gasteiger charge is -2.30. The van der Waals surface area contributed by atoms with E-state index in [2.05, 4.69) is 0 Å². The standard InChI is InChI=1S/C15H21NO4S/c1-3-20-15(17)13-7-5-9-16(11-13)21(18,19)14-8-4-6-12(2)10-14/h4,6,8,10,13H,3,5,7,9,11H2,1-2H3. The van der Waals surface area contributed by atoms with Crippen LogP contribution in [0, 0.1) is 12.8 Å². The van der Waals surface area contributed by atoms with Gasteiger partial charge in [0.1, 0.15) is 0 Å². The molecule has 0 radical (unpaired) electrons. The van der Waals surface area contributed by atoms with Crippen LogP contribution in [0.25, 0.3) is 0 Å². The Bertz CT molecular complexity index is 612. The minimum Gasteiger partial charge on any atom is -0.466 e. The summed E-state index contributed by atoms with van der Waals surface area (Å²) in [5.74, 6) is -0.667. The molecule has 116 valence electrons. The molecule has 0 aromatic heterocycles. The van der Waals surface area contributed by atoms with Crippen molar-refractivity contribution in [1.82, 2.24) is 4.31 Å². The van der Waals surface area contributed by atoms with Gasteiger partial charge < -0.3 is 4.74 Å². The molecule has 0 saturated carbocycles. The Labute approximate surface area is 126 Å². The van der Waals surface area contributed by atoms with Gasteiger partial charge in [-0.05, 0) is 44.4 Å². The highest BCUT2D eigenvalue weighted by atomic mass is 32.2. The molecule has 0 bridgehead atoms. The third-order valence-electron chi connectivity index (χ3n) is 3.63. The van der Waals surface area contributed by atoms with Crippen LogP contribution in [0.2, 0.25) is 0 Å². The molecule has 2 rings (SSSR count). The van der Waals surface area contributed by atoms with E-state index in [0.29, 0.717) is 26.0 Å². The number of carbonyl (C=O) groups is 1. The van der Waals surface area contributed by atoms with Gasteiger partial charge in [0.25, 0.3) is 0 Å². The zero-order valence-electron chi connectivity index (χ0n) is 12.4. The molecule has 1 saturated heterocycles. The number of esters is 1. The van der Waals surface area contributed by atoms with Crippen molar-refractivity contribution in [2.24, 2.45) is 5.92 Å². The first-order valence-electron chi connectivity index (χ1n) is 7.18. The average Bonchev–Trinajstić information content (AvgIpc) is 2.47. The summed E-state index contributed by atoms with van der Waals surface area (Å²) >= 11 is 0. The Morgan fingerprint density at radius 1 is 1.43 bits per heavy atom. The lowest BCUT2D eigenvalue weighted by Crippen LogP contribution is -2.42. The molecule has 1 aliphatic heterocycles. The predicted molar refractivity (Wildman–Crippen MR) is 79.3 cm³/mol. The maximum Gasteiger partial charge on any atom is 0.310 e. The fraction of sp³-hybridized carbons (Fsp3) is 0.533. The number of rotatable bonds is 4. The molecule has 1 aromatic rings. The quantitative estimate of drug-likeness (QED) is 0.797. The molecule has 21 heavy (non-hydrogen) atoms. The molecule has 0 amide bonds. The van der Waals surface area contributed by atoms with Gasteiger partial charge >= 0.3 is 5.97 Å². The predicted octanol–water partition coefficient (Wildman–Crippen LogP) is 1.96. The van der Waals surface area contributed by atoms with Crippen LogP contribution in [-0.2, 0) is 19.6 Å².